The lowest BCUT2D eigenvalue weighted by atomic mass is 10.1. The largest absolute Gasteiger partial charge is 0.348 e. The fraction of sp³-hybridized carbons (Fsp3) is 0.118. The van der Waals surface area contributed by atoms with E-state index in [1.807, 2.05) is 18.2 Å². The molecule has 2 aromatic carbocycles. The molecule has 0 radical (unpaired) electrons. The van der Waals surface area contributed by atoms with Crippen LogP contribution in [-0.4, -0.2) is 21.1 Å². The molecule has 3 aromatic rings. The minimum absolute atomic E-state index is 0.159. The van der Waals surface area contributed by atoms with Crippen LogP contribution in [0, 0.1) is 5.82 Å². The zero-order chi connectivity index (χ0) is 16.8. The first-order chi connectivity index (χ1) is 11.7. The Labute approximate surface area is 142 Å². The van der Waals surface area contributed by atoms with E-state index >= 15 is 0 Å². The number of hydrogen-bond donors (Lipinski definition) is 2. The fourth-order valence-corrected chi connectivity index (χ4v) is 2.94. The van der Waals surface area contributed by atoms with Gasteiger partial charge in [0.15, 0.2) is 5.16 Å². The van der Waals surface area contributed by atoms with Crippen LogP contribution in [0.25, 0.3) is 0 Å². The van der Waals surface area contributed by atoms with Crippen molar-refractivity contribution in [3.05, 3.63) is 77.4 Å². The minimum atomic E-state index is -0.292. The number of amides is 1. The Bertz CT molecular complexity index is 806. The summed E-state index contributed by atoms with van der Waals surface area (Å²) in [7, 11) is 0. The van der Waals surface area contributed by atoms with E-state index in [-0.39, 0.29) is 11.7 Å². The van der Waals surface area contributed by atoms with Crippen molar-refractivity contribution in [2.24, 2.45) is 0 Å². The molecule has 122 valence electrons. The molecule has 1 amide bonds. The summed E-state index contributed by atoms with van der Waals surface area (Å²) in [6, 6.07) is 13.5. The Hall–Kier alpha value is -2.67. The van der Waals surface area contributed by atoms with Gasteiger partial charge in [-0.15, -0.1) is 0 Å². The van der Waals surface area contributed by atoms with Gasteiger partial charge < -0.3 is 5.32 Å². The quantitative estimate of drug-likeness (QED) is 0.675. The number of carbonyl (C=O) groups excluding carboxylic acids is 1. The van der Waals surface area contributed by atoms with Crippen LogP contribution in [0.1, 0.15) is 21.5 Å². The van der Waals surface area contributed by atoms with Crippen molar-refractivity contribution < 1.29 is 9.18 Å². The maximum absolute atomic E-state index is 12.9. The van der Waals surface area contributed by atoms with Crippen LogP contribution >= 0.6 is 11.8 Å². The van der Waals surface area contributed by atoms with Gasteiger partial charge in [-0.05, 0) is 29.3 Å². The summed E-state index contributed by atoms with van der Waals surface area (Å²) in [5.74, 6) is 0.156. The molecule has 0 saturated heterocycles. The molecule has 2 N–H and O–H groups in total. The maximum Gasteiger partial charge on any atom is 0.251 e. The number of halogens is 1. The van der Waals surface area contributed by atoms with Gasteiger partial charge in [-0.3, -0.25) is 9.89 Å². The average molecular weight is 342 g/mol. The summed E-state index contributed by atoms with van der Waals surface area (Å²) in [4.78, 5) is 16.5. The van der Waals surface area contributed by atoms with E-state index in [0.29, 0.717) is 23.0 Å². The molecule has 24 heavy (non-hydrogen) atoms. The smallest absolute Gasteiger partial charge is 0.251 e. The topological polar surface area (TPSA) is 70.7 Å². The summed E-state index contributed by atoms with van der Waals surface area (Å²) in [5.41, 5.74) is 2.38. The molecule has 0 atom stereocenters. The first-order valence-corrected chi connectivity index (χ1v) is 8.29. The first kappa shape index (κ1) is 16.2. The number of H-pyrrole nitrogens is 1. The number of benzene rings is 2. The Morgan fingerprint density at radius 3 is 2.71 bits per heavy atom. The van der Waals surface area contributed by atoms with Crippen molar-refractivity contribution >= 4 is 17.7 Å². The number of rotatable bonds is 6. The molecule has 7 heteroatoms. The van der Waals surface area contributed by atoms with Crippen LogP contribution in [0.3, 0.4) is 0 Å². The summed E-state index contributed by atoms with van der Waals surface area (Å²) in [6.45, 7) is 0.350. The standard InChI is InChI=1S/C17H15FN4OS/c18-14-7-5-12(6-8-14)9-19-16(23)15-4-2-1-3-13(15)10-24-17-20-11-21-22-17/h1-8,11H,9-10H2,(H,19,23)(H,20,21,22). The predicted octanol–water partition coefficient (Wildman–Crippen LogP) is 3.17. The molecule has 0 saturated carbocycles. The number of aromatic nitrogens is 3. The van der Waals surface area contributed by atoms with Gasteiger partial charge in [0.25, 0.3) is 5.91 Å². The third-order valence-electron chi connectivity index (χ3n) is 3.39. The van der Waals surface area contributed by atoms with Crippen molar-refractivity contribution in [2.45, 2.75) is 17.5 Å². The molecule has 3 rings (SSSR count). The highest BCUT2D eigenvalue weighted by molar-refractivity contribution is 7.98. The molecular weight excluding hydrogens is 327 g/mol. The lowest BCUT2D eigenvalue weighted by Crippen LogP contribution is -2.23. The van der Waals surface area contributed by atoms with Crippen molar-refractivity contribution in [2.75, 3.05) is 0 Å². The van der Waals surface area contributed by atoms with Crippen LogP contribution in [-0.2, 0) is 12.3 Å². The van der Waals surface area contributed by atoms with Gasteiger partial charge in [-0.1, -0.05) is 42.1 Å². The Morgan fingerprint density at radius 2 is 1.96 bits per heavy atom. The molecule has 0 unspecified atom stereocenters. The van der Waals surface area contributed by atoms with E-state index < -0.39 is 0 Å². The van der Waals surface area contributed by atoms with Crippen molar-refractivity contribution in [3.63, 3.8) is 0 Å². The van der Waals surface area contributed by atoms with Crippen molar-refractivity contribution in [1.29, 1.82) is 0 Å². The molecule has 0 bridgehead atoms. The zero-order valence-electron chi connectivity index (χ0n) is 12.7. The molecule has 1 aromatic heterocycles. The lowest BCUT2D eigenvalue weighted by Gasteiger charge is -2.09. The molecule has 0 spiro atoms. The van der Waals surface area contributed by atoms with E-state index in [0.717, 1.165) is 11.1 Å². The Kier molecular flexibility index (Phi) is 5.22. The molecule has 1 heterocycles. The third-order valence-corrected chi connectivity index (χ3v) is 4.31. The zero-order valence-corrected chi connectivity index (χ0v) is 13.5. The second-order valence-electron chi connectivity index (χ2n) is 5.05. The summed E-state index contributed by atoms with van der Waals surface area (Å²) >= 11 is 1.48. The van der Waals surface area contributed by atoms with E-state index in [9.17, 15) is 9.18 Å². The molecule has 0 aliphatic heterocycles. The van der Waals surface area contributed by atoms with Crippen LogP contribution in [0.15, 0.2) is 60.0 Å². The molecule has 0 aliphatic rings. The van der Waals surface area contributed by atoms with Gasteiger partial charge in [0.1, 0.15) is 12.1 Å². The number of hydrogen-bond acceptors (Lipinski definition) is 4. The lowest BCUT2D eigenvalue weighted by molar-refractivity contribution is 0.0950. The van der Waals surface area contributed by atoms with Crippen LogP contribution in [0.2, 0.25) is 0 Å². The predicted molar refractivity (Wildman–Crippen MR) is 90.0 cm³/mol. The molecule has 0 aliphatic carbocycles. The number of thioether (sulfide) groups is 1. The van der Waals surface area contributed by atoms with Crippen LogP contribution < -0.4 is 5.32 Å². The average Bonchev–Trinajstić information content (AvgIpc) is 3.13. The minimum Gasteiger partial charge on any atom is -0.348 e. The van der Waals surface area contributed by atoms with E-state index in [1.165, 1.54) is 30.2 Å². The number of nitrogens with zero attached hydrogens (tertiary/aromatic N) is 2. The summed E-state index contributed by atoms with van der Waals surface area (Å²) in [6.07, 6.45) is 1.45. The fourth-order valence-electron chi connectivity index (χ4n) is 2.16. The Balaban J connectivity index is 1.64. The number of nitrogens with one attached hydrogen (secondary N) is 2. The van der Waals surface area contributed by atoms with Gasteiger partial charge in [-0.25, -0.2) is 9.37 Å². The van der Waals surface area contributed by atoms with Crippen LogP contribution in [0.5, 0.6) is 0 Å². The summed E-state index contributed by atoms with van der Waals surface area (Å²) < 4.78 is 12.9. The van der Waals surface area contributed by atoms with E-state index in [2.05, 4.69) is 20.5 Å². The highest BCUT2D eigenvalue weighted by Gasteiger charge is 2.11. The third kappa shape index (κ3) is 4.20. The Morgan fingerprint density at radius 1 is 1.17 bits per heavy atom. The monoisotopic (exact) mass is 342 g/mol. The van der Waals surface area contributed by atoms with Crippen LogP contribution in [0.4, 0.5) is 4.39 Å². The van der Waals surface area contributed by atoms with Gasteiger partial charge in [0.05, 0.1) is 0 Å². The van der Waals surface area contributed by atoms with Crippen molar-refractivity contribution in [1.82, 2.24) is 20.5 Å². The van der Waals surface area contributed by atoms with Gasteiger partial charge >= 0.3 is 0 Å². The highest BCUT2D eigenvalue weighted by Crippen LogP contribution is 2.21. The molecular formula is C17H15FN4OS. The van der Waals surface area contributed by atoms with Crippen molar-refractivity contribution in [3.8, 4) is 0 Å². The number of carbonyl (C=O) groups is 1. The number of aromatic amines is 1. The van der Waals surface area contributed by atoms with Gasteiger partial charge in [0.2, 0.25) is 0 Å². The molecule has 5 nitrogen and oxygen atoms in total. The normalized spacial score (nSPS) is 10.5. The maximum atomic E-state index is 12.9. The SMILES string of the molecule is O=C(NCc1ccc(F)cc1)c1ccccc1CSc1ncn[nH]1. The van der Waals surface area contributed by atoms with E-state index in [4.69, 9.17) is 0 Å². The second kappa shape index (κ2) is 7.74. The molecule has 0 fully saturated rings. The van der Waals surface area contributed by atoms with Gasteiger partial charge in [-0.2, -0.15) is 5.10 Å². The second-order valence-corrected chi connectivity index (χ2v) is 6.01. The summed E-state index contributed by atoms with van der Waals surface area (Å²) in [5, 5.41) is 10.1. The van der Waals surface area contributed by atoms with E-state index in [1.54, 1.807) is 18.2 Å². The van der Waals surface area contributed by atoms with Gasteiger partial charge in [0, 0.05) is 17.9 Å². The first-order valence-electron chi connectivity index (χ1n) is 7.31. The highest BCUT2D eigenvalue weighted by atomic mass is 32.2.